The average Bonchev–Trinajstić information content (AvgIpc) is 2.88. The molecule has 0 radical (unpaired) electrons. The number of fused-ring (bicyclic) bond motifs is 1. The highest BCUT2D eigenvalue weighted by atomic mass is 15.1. The van der Waals surface area contributed by atoms with Crippen molar-refractivity contribution in [1.82, 2.24) is 9.55 Å². The molecule has 0 aliphatic carbocycles. The molecule has 0 N–H and O–H groups in total. The van der Waals surface area contributed by atoms with Crippen LogP contribution < -0.4 is 0 Å². The van der Waals surface area contributed by atoms with Gasteiger partial charge in [0.2, 0.25) is 0 Å². The second kappa shape index (κ2) is 9.66. The molecule has 0 fully saturated rings. The first kappa shape index (κ1) is 17.1. The van der Waals surface area contributed by atoms with E-state index in [0.717, 1.165) is 18.5 Å². The number of rotatable bonds is 11. The van der Waals surface area contributed by atoms with Crippen molar-refractivity contribution in [2.24, 2.45) is 0 Å². The number of benzene rings is 1. The lowest BCUT2D eigenvalue weighted by molar-refractivity contribution is 0.539. The molecule has 1 aromatic heterocycles. The highest BCUT2D eigenvalue weighted by Gasteiger charge is 2.08. The molecule has 1 heterocycles. The largest absolute Gasteiger partial charge is 0.328 e. The van der Waals surface area contributed by atoms with Gasteiger partial charge in [-0.15, -0.1) is 0 Å². The van der Waals surface area contributed by atoms with Crippen LogP contribution in [-0.4, -0.2) is 9.55 Å². The van der Waals surface area contributed by atoms with Crippen molar-refractivity contribution in [3.8, 4) is 0 Å². The number of nitrogens with zero attached hydrogens (tertiary/aromatic N) is 2. The first-order valence-corrected chi connectivity index (χ1v) is 9.31. The van der Waals surface area contributed by atoms with Gasteiger partial charge in [0.1, 0.15) is 5.82 Å². The van der Waals surface area contributed by atoms with Crippen LogP contribution in [0, 0.1) is 0 Å². The van der Waals surface area contributed by atoms with Gasteiger partial charge in [-0.2, -0.15) is 0 Å². The quantitative estimate of drug-likeness (QED) is 0.456. The number of imidazole rings is 1. The van der Waals surface area contributed by atoms with Crippen LogP contribution in [0.3, 0.4) is 0 Å². The third kappa shape index (κ3) is 4.86. The third-order valence-electron chi connectivity index (χ3n) is 4.44. The molecule has 0 amide bonds. The molecule has 122 valence electrons. The molecule has 2 aromatic rings. The summed E-state index contributed by atoms with van der Waals surface area (Å²) in [5, 5.41) is 0. The number of aryl methyl sites for hydroxylation is 2. The lowest BCUT2D eigenvalue weighted by Crippen LogP contribution is -2.04. The summed E-state index contributed by atoms with van der Waals surface area (Å²) in [6.07, 6.45) is 13.3. The van der Waals surface area contributed by atoms with Crippen LogP contribution in [0.25, 0.3) is 11.0 Å². The molecular formula is C20H32N2. The number of aromatic nitrogens is 2. The zero-order valence-electron chi connectivity index (χ0n) is 14.5. The van der Waals surface area contributed by atoms with Crippen LogP contribution in [0.5, 0.6) is 0 Å². The van der Waals surface area contributed by atoms with Gasteiger partial charge in [0.15, 0.2) is 0 Å². The summed E-state index contributed by atoms with van der Waals surface area (Å²) in [6.45, 7) is 5.65. The summed E-state index contributed by atoms with van der Waals surface area (Å²) >= 11 is 0. The van der Waals surface area contributed by atoms with Gasteiger partial charge in [-0.05, 0) is 25.0 Å². The fourth-order valence-electron chi connectivity index (χ4n) is 3.19. The van der Waals surface area contributed by atoms with Gasteiger partial charge in [0, 0.05) is 13.0 Å². The molecule has 2 heteroatoms. The monoisotopic (exact) mass is 300 g/mol. The van der Waals surface area contributed by atoms with Crippen LogP contribution in [0.15, 0.2) is 24.3 Å². The van der Waals surface area contributed by atoms with E-state index in [2.05, 4.69) is 42.7 Å². The molecule has 22 heavy (non-hydrogen) atoms. The van der Waals surface area contributed by atoms with Crippen molar-refractivity contribution >= 4 is 11.0 Å². The molecule has 2 rings (SSSR count). The highest BCUT2D eigenvalue weighted by molar-refractivity contribution is 5.75. The van der Waals surface area contributed by atoms with E-state index >= 15 is 0 Å². The van der Waals surface area contributed by atoms with Crippen molar-refractivity contribution in [3.63, 3.8) is 0 Å². The Morgan fingerprint density at radius 2 is 1.50 bits per heavy atom. The SMILES string of the molecule is CCCCCCCCCCn1c(CCC)nc2ccccc21. The Kier molecular flexibility index (Phi) is 7.48. The van der Waals surface area contributed by atoms with E-state index in [0.29, 0.717) is 0 Å². The van der Waals surface area contributed by atoms with Crippen molar-refractivity contribution in [1.29, 1.82) is 0 Å². The summed E-state index contributed by atoms with van der Waals surface area (Å²) in [4.78, 5) is 4.81. The number of hydrogen-bond acceptors (Lipinski definition) is 1. The summed E-state index contributed by atoms with van der Waals surface area (Å²) in [7, 11) is 0. The van der Waals surface area contributed by atoms with Gasteiger partial charge in [-0.1, -0.05) is 70.9 Å². The summed E-state index contributed by atoms with van der Waals surface area (Å²) < 4.78 is 2.45. The second-order valence-corrected chi connectivity index (χ2v) is 6.39. The van der Waals surface area contributed by atoms with E-state index in [1.54, 1.807) is 0 Å². The molecule has 0 saturated heterocycles. The second-order valence-electron chi connectivity index (χ2n) is 6.39. The van der Waals surface area contributed by atoms with Crippen LogP contribution >= 0.6 is 0 Å². The molecule has 1 aromatic carbocycles. The zero-order valence-corrected chi connectivity index (χ0v) is 14.5. The predicted octanol–water partition coefficient (Wildman–Crippen LogP) is 6.13. The Hall–Kier alpha value is -1.31. The van der Waals surface area contributed by atoms with E-state index in [1.165, 1.54) is 69.1 Å². The van der Waals surface area contributed by atoms with Crippen LogP contribution in [0.2, 0.25) is 0 Å². The zero-order chi connectivity index (χ0) is 15.6. The fraction of sp³-hybridized carbons (Fsp3) is 0.650. The molecule has 0 spiro atoms. The molecule has 0 aliphatic heterocycles. The average molecular weight is 300 g/mol. The number of unbranched alkanes of at least 4 members (excludes halogenated alkanes) is 7. The Bertz CT molecular complexity index is 542. The van der Waals surface area contributed by atoms with Gasteiger partial charge in [-0.3, -0.25) is 0 Å². The van der Waals surface area contributed by atoms with E-state index in [4.69, 9.17) is 4.98 Å². The topological polar surface area (TPSA) is 17.8 Å². The molecule has 2 nitrogen and oxygen atoms in total. The summed E-state index contributed by atoms with van der Waals surface area (Å²) in [5.74, 6) is 1.27. The minimum absolute atomic E-state index is 1.09. The Labute approximate surface area is 135 Å². The van der Waals surface area contributed by atoms with Gasteiger partial charge < -0.3 is 4.57 Å². The Morgan fingerprint density at radius 3 is 2.23 bits per heavy atom. The van der Waals surface area contributed by atoms with E-state index in [9.17, 15) is 0 Å². The summed E-state index contributed by atoms with van der Waals surface area (Å²) in [6, 6.07) is 8.57. The molecular weight excluding hydrogens is 268 g/mol. The lowest BCUT2D eigenvalue weighted by Gasteiger charge is -2.08. The van der Waals surface area contributed by atoms with Gasteiger partial charge >= 0.3 is 0 Å². The van der Waals surface area contributed by atoms with Gasteiger partial charge in [0.05, 0.1) is 11.0 Å². The standard InChI is InChI=1S/C20H32N2/c1-3-5-6-7-8-9-10-13-17-22-19-16-12-11-15-18(19)21-20(22)14-4-2/h11-12,15-16H,3-10,13-14,17H2,1-2H3. The van der Waals surface area contributed by atoms with Crippen LogP contribution in [0.4, 0.5) is 0 Å². The van der Waals surface area contributed by atoms with E-state index in [-0.39, 0.29) is 0 Å². The predicted molar refractivity (Wildman–Crippen MR) is 96.3 cm³/mol. The van der Waals surface area contributed by atoms with Crippen LogP contribution in [0.1, 0.15) is 77.5 Å². The Balaban J connectivity index is 1.81. The maximum absolute atomic E-state index is 4.81. The highest BCUT2D eigenvalue weighted by Crippen LogP contribution is 2.18. The molecule has 0 bridgehead atoms. The fourth-order valence-corrected chi connectivity index (χ4v) is 3.19. The normalized spacial score (nSPS) is 11.4. The smallest absolute Gasteiger partial charge is 0.109 e. The van der Waals surface area contributed by atoms with Gasteiger partial charge in [0.25, 0.3) is 0 Å². The van der Waals surface area contributed by atoms with E-state index < -0.39 is 0 Å². The molecule has 0 unspecified atom stereocenters. The maximum Gasteiger partial charge on any atom is 0.109 e. The number of hydrogen-bond donors (Lipinski definition) is 0. The summed E-state index contributed by atoms with van der Waals surface area (Å²) in [5.41, 5.74) is 2.47. The maximum atomic E-state index is 4.81. The van der Waals surface area contributed by atoms with Crippen molar-refractivity contribution in [3.05, 3.63) is 30.1 Å². The lowest BCUT2D eigenvalue weighted by atomic mass is 10.1. The molecule has 0 atom stereocenters. The minimum Gasteiger partial charge on any atom is -0.328 e. The third-order valence-corrected chi connectivity index (χ3v) is 4.44. The minimum atomic E-state index is 1.09. The first-order chi connectivity index (χ1) is 10.9. The molecule has 0 aliphatic rings. The van der Waals surface area contributed by atoms with Crippen molar-refractivity contribution in [2.45, 2.75) is 84.6 Å². The molecule has 0 saturated carbocycles. The van der Waals surface area contributed by atoms with Gasteiger partial charge in [-0.25, -0.2) is 4.98 Å². The number of para-hydroxylation sites is 2. The van der Waals surface area contributed by atoms with Crippen molar-refractivity contribution in [2.75, 3.05) is 0 Å². The Morgan fingerprint density at radius 1 is 0.818 bits per heavy atom. The van der Waals surface area contributed by atoms with Crippen molar-refractivity contribution < 1.29 is 0 Å². The van der Waals surface area contributed by atoms with E-state index in [1.807, 2.05) is 0 Å². The first-order valence-electron chi connectivity index (χ1n) is 9.31. The van der Waals surface area contributed by atoms with Crippen LogP contribution in [-0.2, 0) is 13.0 Å².